The van der Waals surface area contributed by atoms with Crippen LogP contribution in [0.5, 0.6) is 0 Å². The van der Waals surface area contributed by atoms with E-state index < -0.39 is 9.70 Å². The van der Waals surface area contributed by atoms with Gasteiger partial charge in [-0.1, -0.05) is 77.3 Å². The van der Waals surface area contributed by atoms with Crippen LogP contribution >= 0.6 is 34.8 Å². The van der Waals surface area contributed by atoms with Gasteiger partial charge in [0.1, 0.15) is 0 Å². The highest BCUT2D eigenvalue weighted by Crippen LogP contribution is 2.25. The van der Waals surface area contributed by atoms with Crippen LogP contribution in [0.3, 0.4) is 0 Å². The molecule has 0 fully saturated rings. The van der Waals surface area contributed by atoms with Gasteiger partial charge in [-0.05, 0) is 12.0 Å². The summed E-state index contributed by atoms with van der Waals surface area (Å²) in [4.78, 5) is 11.2. The first kappa shape index (κ1) is 14.4. The van der Waals surface area contributed by atoms with Gasteiger partial charge in [0, 0.05) is 6.54 Å². The molecule has 5 heteroatoms. The van der Waals surface area contributed by atoms with Crippen LogP contribution < -0.4 is 5.32 Å². The number of alkyl halides is 3. The van der Waals surface area contributed by atoms with Crippen LogP contribution in [0.25, 0.3) is 0 Å². The second kappa shape index (κ2) is 6.90. The van der Waals surface area contributed by atoms with Crippen LogP contribution in [0, 0.1) is 0 Å². The molecule has 0 aliphatic rings. The van der Waals surface area contributed by atoms with Crippen molar-refractivity contribution in [2.24, 2.45) is 0 Å². The van der Waals surface area contributed by atoms with Gasteiger partial charge in [-0.3, -0.25) is 4.79 Å². The van der Waals surface area contributed by atoms with E-state index in [1.165, 1.54) is 5.56 Å². The molecular formula is C12H12Cl3NO. The molecular weight excluding hydrogens is 280 g/mol. The number of hydrogen-bond acceptors (Lipinski definition) is 1. The van der Waals surface area contributed by atoms with Gasteiger partial charge in [0.2, 0.25) is 0 Å². The molecule has 1 rings (SSSR count). The van der Waals surface area contributed by atoms with Crippen molar-refractivity contribution in [2.45, 2.75) is 10.2 Å². The summed E-state index contributed by atoms with van der Waals surface area (Å²) in [6, 6.07) is 9.99. The number of carbonyl (C=O) groups excluding carboxylic acids is 1. The largest absolute Gasteiger partial charge is 0.349 e. The number of halogens is 3. The first-order valence-electron chi connectivity index (χ1n) is 5.04. The van der Waals surface area contributed by atoms with Gasteiger partial charge in [-0.15, -0.1) is 0 Å². The highest BCUT2D eigenvalue weighted by atomic mass is 35.6. The van der Waals surface area contributed by atoms with E-state index in [4.69, 9.17) is 34.8 Å². The van der Waals surface area contributed by atoms with Crippen LogP contribution in [-0.4, -0.2) is 16.2 Å². The lowest BCUT2D eigenvalue weighted by molar-refractivity contribution is -0.120. The number of amides is 1. The minimum Gasteiger partial charge on any atom is -0.349 e. The van der Waals surface area contributed by atoms with Gasteiger partial charge < -0.3 is 5.32 Å². The van der Waals surface area contributed by atoms with Gasteiger partial charge in [0.15, 0.2) is 0 Å². The Bertz CT molecular complexity index is 384. The van der Waals surface area contributed by atoms with Crippen molar-refractivity contribution in [2.75, 3.05) is 6.54 Å². The third-order valence-corrected chi connectivity index (χ3v) is 2.52. The lowest BCUT2D eigenvalue weighted by Gasteiger charge is -2.09. The third-order valence-electron chi connectivity index (χ3n) is 2.00. The molecule has 0 saturated carbocycles. The Morgan fingerprint density at radius 3 is 2.41 bits per heavy atom. The molecule has 2 nitrogen and oxygen atoms in total. The maximum Gasteiger partial charge on any atom is 0.272 e. The highest BCUT2D eigenvalue weighted by Gasteiger charge is 2.29. The summed E-state index contributed by atoms with van der Waals surface area (Å²) in [5.41, 5.74) is 1.21. The lowest BCUT2D eigenvalue weighted by Crippen LogP contribution is -2.34. The van der Waals surface area contributed by atoms with Crippen molar-refractivity contribution in [3.8, 4) is 0 Å². The van der Waals surface area contributed by atoms with Crippen molar-refractivity contribution < 1.29 is 4.79 Å². The molecule has 0 bridgehead atoms. The first-order chi connectivity index (χ1) is 8.00. The summed E-state index contributed by atoms with van der Waals surface area (Å²) < 4.78 is -1.90. The number of rotatable bonds is 4. The maximum atomic E-state index is 11.2. The fraction of sp³-hybridized carbons (Fsp3) is 0.250. The molecule has 0 aliphatic heterocycles. The summed E-state index contributed by atoms with van der Waals surface area (Å²) in [5.74, 6) is -0.619. The van der Waals surface area contributed by atoms with Crippen LogP contribution in [0.15, 0.2) is 42.5 Å². The lowest BCUT2D eigenvalue weighted by atomic mass is 10.1. The fourth-order valence-electron chi connectivity index (χ4n) is 1.17. The molecule has 0 unspecified atom stereocenters. The van der Waals surface area contributed by atoms with Crippen LogP contribution in [0.4, 0.5) is 0 Å². The highest BCUT2D eigenvalue weighted by molar-refractivity contribution is 6.76. The van der Waals surface area contributed by atoms with Crippen molar-refractivity contribution in [3.63, 3.8) is 0 Å². The van der Waals surface area contributed by atoms with E-state index in [2.05, 4.69) is 5.32 Å². The summed E-state index contributed by atoms with van der Waals surface area (Å²) in [7, 11) is 0. The molecule has 0 atom stereocenters. The van der Waals surface area contributed by atoms with E-state index in [-0.39, 0.29) is 0 Å². The number of carbonyl (C=O) groups is 1. The zero-order chi connectivity index (χ0) is 12.7. The maximum absolute atomic E-state index is 11.2. The Hall–Kier alpha value is -0.700. The summed E-state index contributed by atoms with van der Waals surface area (Å²) in [5, 5.41) is 2.49. The first-order valence-corrected chi connectivity index (χ1v) is 6.17. The Labute approximate surface area is 116 Å². The van der Waals surface area contributed by atoms with E-state index in [0.717, 1.165) is 6.42 Å². The Balaban J connectivity index is 2.26. The number of hydrogen-bond donors (Lipinski definition) is 1. The molecule has 1 aromatic rings. The van der Waals surface area contributed by atoms with E-state index in [1.54, 1.807) is 0 Å². The van der Waals surface area contributed by atoms with Crippen LogP contribution in [-0.2, 0) is 11.2 Å². The SMILES string of the molecule is O=C(NC/C=C/Cc1ccccc1)C(Cl)(Cl)Cl. The molecule has 17 heavy (non-hydrogen) atoms. The minimum absolute atomic E-state index is 0.347. The van der Waals surface area contributed by atoms with Gasteiger partial charge in [-0.2, -0.15) is 0 Å². The van der Waals surface area contributed by atoms with Crippen LogP contribution in [0.2, 0.25) is 0 Å². The third kappa shape index (κ3) is 5.97. The second-order valence-electron chi connectivity index (χ2n) is 3.37. The molecule has 92 valence electrons. The minimum atomic E-state index is -1.90. The van der Waals surface area contributed by atoms with Crippen molar-refractivity contribution in [1.82, 2.24) is 5.32 Å². The van der Waals surface area contributed by atoms with E-state index in [0.29, 0.717) is 6.54 Å². The number of nitrogens with one attached hydrogen (secondary N) is 1. The average Bonchev–Trinajstić information content (AvgIpc) is 2.28. The second-order valence-corrected chi connectivity index (χ2v) is 5.65. The molecule has 1 amide bonds. The van der Waals surface area contributed by atoms with E-state index >= 15 is 0 Å². The van der Waals surface area contributed by atoms with Crippen LogP contribution in [0.1, 0.15) is 5.56 Å². The monoisotopic (exact) mass is 291 g/mol. The van der Waals surface area contributed by atoms with Crippen molar-refractivity contribution >= 4 is 40.7 Å². The molecule has 0 aliphatic carbocycles. The number of allylic oxidation sites excluding steroid dienone is 1. The standard InChI is InChI=1S/C12H12Cl3NO/c13-12(14,15)11(17)16-9-5-4-8-10-6-2-1-3-7-10/h1-7H,8-9H2,(H,16,17)/b5-4+. The van der Waals surface area contributed by atoms with Gasteiger partial charge in [0.25, 0.3) is 9.70 Å². The average molecular weight is 293 g/mol. The zero-order valence-corrected chi connectivity index (χ0v) is 11.3. The smallest absolute Gasteiger partial charge is 0.272 e. The quantitative estimate of drug-likeness (QED) is 0.670. The Morgan fingerprint density at radius 1 is 1.18 bits per heavy atom. The Kier molecular flexibility index (Phi) is 5.83. The molecule has 0 spiro atoms. The zero-order valence-electron chi connectivity index (χ0n) is 9.00. The summed E-state index contributed by atoms with van der Waals surface area (Å²) >= 11 is 16.2. The molecule has 0 radical (unpaired) electrons. The van der Waals surface area contributed by atoms with E-state index in [1.807, 2.05) is 42.5 Å². The predicted molar refractivity (Wildman–Crippen MR) is 72.6 cm³/mol. The molecule has 1 aromatic carbocycles. The van der Waals surface area contributed by atoms with E-state index in [9.17, 15) is 4.79 Å². The van der Waals surface area contributed by atoms with Crippen molar-refractivity contribution in [1.29, 1.82) is 0 Å². The van der Waals surface area contributed by atoms with Gasteiger partial charge in [-0.25, -0.2) is 0 Å². The predicted octanol–water partition coefficient (Wildman–Crippen LogP) is 3.27. The van der Waals surface area contributed by atoms with Crippen molar-refractivity contribution in [3.05, 3.63) is 48.0 Å². The topological polar surface area (TPSA) is 29.1 Å². The summed E-state index contributed by atoms with van der Waals surface area (Å²) in [6.45, 7) is 0.347. The molecule has 0 saturated heterocycles. The normalized spacial score (nSPS) is 11.7. The van der Waals surface area contributed by atoms with Gasteiger partial charge in [0.05, 0.1) is 0 Å². The number of benzene rings is 1. The summed E-state index contributed by atoms with van der Waals surface area (Å²) in [6.07, 6.45) is 4.58. The Morgan fingerprint density at radius 2 is 1.82 bits per heavy atom. The fourth-order valence-corrected chi connectivity index (χ4v) is 1.37. The molecule has 1 N–H and O–H groups in total. The molecule has 0 aromatic heterocycles. The molecule has 0 heterocycles. The van der Waals surface area contributed by atoms with Gasteiger partial charge >= 0.3 is 0 Å².